The highest BCUT2D eigenvalue weighted by Gasteiger charge is 2.33. The molecule has 0 aromatic heterocycles. The zero-order chi connectivity index (χ0) is 18.9. The highest BCUT2D eigenvalue weighted by molar-refractivity contribution is 5.90. The molecule has 1 aliphatic carbocycles. The molecule has 2 N–H and O–H groups in total. The lowest BCUT2D eigenvalue weighted by atomic mass is 9.83. The second-order valence-electron chi connectivity index (χ2n) is 6.85. The lowest BCUT2D eigenvalue weighted by Crippen LogP contribution is -2.54. The van der Waals surface area contributed by atoms with Crippen LogP contribution in [0, 0.1) is 5.92 Å². The van der Waals surface area contributed by atoms with Crippen molar-refractivity contribution in [1.82, 2.24) is 10.6 Å². The number of carbonyl (C=O) groups excluding carboxylic acids is 3. The molecule has 2 atom stereocenters. The monoisotopic (exact) mass is 360 g/mol. The Kier molecular flexibility index (Phi) is 7.63. The van der Waals surface area contributed by atoms with E-state index >= 15 is 0 Å². The van der Waals surface area contributed by atoms with Crippen LogP contribution in [0.5, 0.6) is 0 Å². The average molecular weight is 360 g/mol. The molecule has 1 saturated carbocycles. The van der Waals surface area contributed by atoms with Crippen molar-refractivity contribution in [3.8, 4) is 0 Å². The Bertz CT molecular complexity index is 611. The summed E-state index contributed by atoms with van der Waals surface area (Å²) in [6.07, 6.45) is 5.40. The topological polar surface area (TPSA) is 84.5 Å². The molecule has 0 unspecified atom stereocenters. The Morgan fingerprint density at radius 2 is 1.73 bits per heavy atom. The molecule has 6 heteroatoms. The van der Waals surface area contributed by atoms with E-state index in [1.165, 1.54) is 14.0 Å². The third-order valence-electron chi connectivity index (χ3n) is 4.85. The van der Waals surface area contributed by atoms with Gasteiger partial charge in [0.2, 0.25) is 11.8 Å². The van der Waals surface area contributed by atoms with Crippen molar-refractivity contribution in [3.63, 3.8) is 0 Å². The summed E-state index contributed by atoms with van der Waals surface area (Å²) >= 11 is 0. The van der Waals surface area contributed by atoms with Gasteiger partial charge in [0.05, 0.1) is 7.11 Å². The first-order valence-electron chi connectivity index (χ1n) is 9.20. The number of benzene rings is 1. The van der Waals surface area contributed by atoms with Gasteiger partial charge in [-0.05, 0) is 24.3 Å². The molecule has 1 aromatic rings. The fraction of sp³-hybridized carbons (Fsp3) is 0.550. The van der Waals surface area contributed by atoms with Crippen LogP contribution in [0.2, 0.25) is 0 Å². The van der Waals surface area contributed by atoms with Gasteiger partial charge in [-0.3, -0.25) is 9.59 Å². The number of amides is 2. The predicted molar refractivity (Wildman–Crippen MR) is 98.3 cm³/mol. The van der Waals surface area contributed by atoms with Crippen molar-refractivity contribution in [2.45, 2.75) is 57.5 Å². The van der Waals surface area contributed by atoms with E-state index in [9.17, 15) is 14.4 Å². The molecule has 2 amide bonds. The molecule has 1 fully saturated rings. The molecule has 6 nitrogen and oxygen atoms in total. The molecule has 1 aromatic carbocycles. The Hall–Kier alpha value is -2.37. The lowest BCUT2D eigenvalue weighted by molar-refractivity contribution is -0.147. The number of ether oxygens (including phenoxy) is 1. The Morgan fingerprint density at radius 3 is 2.31 bits per heavy atom. The number of nitrogens with one attached hydrogen (secondary N) is 2. The molecule has 26 heavy (non-hydrogen) atoms. The van der Waals surface area contributed by atoms with Gasteiger partial charge in [-0.2, -0.15) is 0 Å². The minimum Gasteiger partial charge on any atom is -0.467 e. The van der Waals surface area contributed by atoms with Crippen LogP contribution in [0.4, 0.5) is 0 Å². The first kappa shape index (κ1) is 19.9. The average Bonchev–Trinajstić information content (AvgIpc) is 2.66. The number of hydrogen-bond acceptors (Lipinski definition) is 4. The van der Waals surface area contributed by atoms with Gasteiger partial charge in [-0.15, -0.1) is 0 Å². The van der Waals surface area contributed by atoms with Gasteiger partial charge in [-0.25, -0.2) is 4.79 Å². The normalized spacial score (nSPS) is 17.0. The minimum absolute atomic E-state index is 0.0786. The lowest BCUT2D eigenvalue weighted by Gasteiger charge is -2.30. The smallest absolute Gasteiger partial charge is 0.328 e. The van der Waals surface area contributed by atoms with Crippen LogP contribution >= 0.6 is 0 Å². The molecule has 0 radical (unpaired) electrons. The SMILES string of the molecule is COC(=O)[C@@H](NC(=O)[C@H](Cc1ccccc1)NC(C)=O)C1CCCCC1. The molecule has 0 saturated heterocycles. The number of carbonyl (C=O) groups is 3. The van der Waals surface area contributed by atoms with E-state index < -0.39 is 18.1 Å². The zero-order valence-electron chi connectivity index (χ0n) is 15.5. The second kappa shape index (κ2) is 9.94. The zero-order valence-corrected chi connectivity index (χ0v) is 15.5. The summed E-state index contributed by atoms with van der Waals surface area (Å²) in [5, 5.41) is 5.53. The minimum atomic E-state index is -0.731. The van der Waals surface area contributed by atoms with Crippen molar-refractivity contribution in [2.24, 2.45) is 5.92 Å². The molecule has 2 rings (SSSR count). The van der Waals surface area contributed by atoms with Crippen LogP contribution in [-0.4, -0.2) is 37.0 Å². The molecule has 0 heterocycles. The molecule has 0 spiro atoms. The summed E-state index contributed by atoms with van der Waals surface area (Å²) < 4.78 is 4.90. The third-order valence-corrected chi connectivity index (χ3v) is 4.85. The van der Waals surface area contributed by atoms with E-state index in [2.05, 4.69) is 10.6 Å². The van der Waals surface area contributed by atoms with Crippen molar-refractivity contribution >= 4 is 17.8 Å². The van der Waals surface area contributed by atoms with Crippen molar-refractivity contribution in [3.05, 3.63) is 35.9 Å². The maximum Gasteiger partial charge on any atom is 0.328 e. The van der Waals surface area contributed by atoms with E-state index in [4.69, 9.17) is 4.74 Å². The van der Waals surface area contributed by atoms with Crippen LogP contribution in [0.3, 0.4) is 0 Å². The van der Waals surface area contributed by atoms with Gasteiger partial charge in [0.25, 0.3) is 0 Å². The van der Waals surface area contributed by atoms with Crippen molar-refractivity contribution < 1.29 is 19.1 Å². The fourth-order valence-corrected chi connectivity index (χ4v) is 3.52. The Morgan fingerprint density at radius 1 is 1.08 bits per heavy atom. The van der Waals surface area contributed by atoms with Gasteiger partial charge in [0.15, 0.2) is 0 Å². The molecule has 0 aliphatic heterocycles. The number of hydrogen-bond donors (Lipinski definition) is 2. The van der Waals surface area contributed by atoms with Crippen LogP contribution in [-0.2, 0) is 25.5 Å². The largest absolute Gasteiger partial charge is 0.467 e. The number of rotatable bonds is 7. The van der Waals surface area contributed by atoms with E-state index in [1.807, 2.05) is 30.3 Å². The fourth-order valence-electron chi connectivity index (χ4n) is 3.52. The maximum atomic E-state index is 12.8. The molecular formula is C20H28N2O4. The third kappa shape index (κ3) is 5.86. The first-order valence-corrected chi connectivity index (χ1v) is 9.20. The summed E-state index contributed by atoms with van der Waals surface area (Å²) in [5.41, 5.74) is 0.939. The summed E-state index contributed by atoms with van der Waals surface area (Å²) in [5.74, 6) is -0.986. The van der Waals surface area contributed by atoms with E-state index in [1.54, 1.807) is 0 Å². The number of methoxy groups -OCH3 is 1. The number of esters is 1. The van der Waals surface area contributed by atoms with Gasteiger partial charge in [-0.1, -0.05) is 49.6 Å². The van der Waals surface area contributed by atoms with E-state index in [0.29, 0.717) is 6.42 Å². The van der Waals surface area contributed by atoms with Crippen molar-refractivity contribution in [2.75, 3.05) is 7.11 Å². The molecule has 0 bridgehead atoms. The van der Waals surface area contributed by atoms with Gasteiger partial charge >= 0.3 is 5.97 Å². The van der Waals surface area contributed by atoms with Gasteiger partial charge in [0.1, 0.15) is 12.1 Å². The summed E-state index contributed by atoms with van der Waals surface area (Å²) in [7, 11) is 1.33. The van der Waals surface area contributed by atoms with Crippen LogP contribution < -0.4 is 10.6 Å². The van der Waals surface area contributed by atoms with E-state index in [-0.39, 0.29) is 17.7 Å². The summed E-state index contributed by atoms with van der Waals surface area (Å²) in [6, 6.07) is 8.08. The van der Waals surface area contributed by atoms with Crippen molar-refractivity contribution in [1.29, 1.82) is 0 Å². The highest BCUT2D eigenvalue weighted by atomic mass is 16.5. The summed E-state index contributed by atoms with van der Waals surface area (Å²) in [6.45, 7) is 1.38. The first-order chi connectivity index (χ1) is 12.5. The standard InChI is InChI=1S/C20H28N2O4/c1-14(23)21-17(13-15-9-5-3-6-10-15)19(24)22-18(20(25)26-2)16-11-7-4-8-12-16/h3,5-6,9-10,16-18H,4,7-8,11-13H2,1-2H3,(H,21,23)(H,22,24)/t17-,18-/m0/s1. The van der Waals surface area contributed by atoms with Crippen LogP contribution in [0.1, 0.15) is 44.6 Å². The maximum absolute atomic E-state index is 12.8. The highest BCUT2D eigenvalue weighted by Crippen LogP contribution is 2.27. The molecule has 1 aliphatic rings. The van der Waals surface area contributed by atoms with E-state index in [0.717, 1.165) is 37.7 Å². The quantitative estimate of drug-likeness (QED) is 0.728. The van der Waals surface area contributed by atoms with Gasteiger partial charge < -0.3 is 15.4 Å². The predicted octanol–water partition coefficient (Wildman–Crippen LogP) is 1.97. The molecule has 142 valence electrons. The Labute approximate surface area is 154 Å². The van der Waals surface area contributed by atoms with Crippen LogP contribution in [0.15, 0.2) is 30.3 Å². The molecular weight excluding hydrogens is 332 g/mol. The van der Waals surface area contributed by atoms with Crippen LogP contribution in [0.25, 0.3) is 0 Å². The summed E-state index contributed by atoms with van der Waals surface area (Å²) in [4.78, 5) is 36.6. The second-order valence-corrected chi connectivity index (χ2v) is 6.85. The van der Waals surface area contributed by atoms with Gasteiger partial charge in [0, 0.05) is 13.3 Å². The Balaban J connectivity index is 2.11.